The van der Waals surface area contributed by atoms with Crippen LogP contribution in [0.2, 0.25) is 0 Å². The van der Waals surface area contributed by atoms with Crippen LogP contribution < -0.4 is 10.2 Å². The molecule has 1 N–H and O–H groups in total. The molecule has 0 amide bonds. The summed E-state index contributed by atoms with van der Waals surface area (Å²) in [5, 5.41) is 35.4. The zero-order valence-corrected chi connectivity index (χ0v) is 23.6. The fourth-order valence-electron chi connectivity index (χ4n) is 5.22. The number of aryl methyl sites for hydroxylation is 1. The van der Waals surface area contributed by atoms with Crippen LogP contribution >= 0.6 is 0 Å². The van der Waals surface area contributed by atoms with Crippen LogP contribution in [0.4, 0.5) is 5.69 Å². The van der Waals surface area contributed by atoms with E-state index in [0.29, 0.717) is 22.5 Å². The van der Waals surface area contributed by atoms with E-state index in [1.807, 2.05) is 67.6 Å². The van der Waals surface area contributed by atoms with E-state index in [0.717, 1.165) is 37.1 Å². The second-order valence-electron chi connectivity index (χ2n) is 9.94. The smallest absolute Gasteiger partial charge is 0.861 e. The molecule has 3 aromatic carbocycles. The summed E-state index contributed by atoms with van der Waals surface area (Å²) in [5.74, 6) is -2.18. The van der Waals surface area contributed by atoms with Crippen molar-refractivity contribution in [1.82, 2.24) is 4.90 Å². The van der Waals surface area contributed by atoms with Gasteiger partial charge in [-0.15, -0.1) is 0 Å². The molecule has 0 bridgehead atoms. The fourth-order valence-corrected chi connectivity index (χ4v) is 5.22. The van der Waals surface area contributed by atoms with Crippen molar-refractivity contribution in [2.45, 2.75) is 44.6 Å². The number of hydrogen-bond acceptors (Lipinski definition) is 7. The minimum Gasteiger partial charge on any atom is -0.861 e. The van der Waals surface area contributed by atoms with Crippen molar-refractivity contribution in [2.24, 2.45) is 9.98 Å². The molecule has 0 radical (unpaired) electrons. The molecule has 3 aromatic rings. The number of carboxylic acids is 1. The second-order valence-corrected chi connectivity index (χ2v) is 9.94. The zero-order valence-electron chi connectivity index (χ0n) is 22.6. The Labute approximate surface area is 246 Å². The van der Waals surface area contributed by atoms with Gasteiger partial charge in [-0.1, -0.05) is 79.2 Å². The third kappa shape index (κ3) is 8.10. The topological polar surface area (TPSA) is 111 Å². The molecule has 7 nitrogen and oxygen atoms in total. The van der Waals surface area contributed by atoms with Crippen molar-refractivity contribution in [3.05, 3.63) is 101 Å². The van der Waals surface area contributed by atoms with Gasteiger partial charge in [-0.05, 0) is 62.4 Å². The Morgan fingerprint density at radius 2 is 1.57 bits per heavy atom. The first-order chi connectivity index (χ1) is 19.0. The Morgan fingerprint density at radius 1 is 0.925 bits per heavy atom. The van der Waals surface area contributed by atoms with E-state index in [-0.39, 0.29) is 42.0 Å². The number of likely N-dealkylation sites (tertiary alicyclic amines) is 1. The summed E-state index contributed by atoms with van der Waals surface area (Å²) in [6, 6.07) is 22.7. The first-order valence-electron chi connectivity index (χ1n) is 13.5. The molecular weight excluding hydrogens is 549 g/mol. The van der Waals surface area contributed by atoms with Gasteiger partial charge >= 0.3 is 16.5 Å². The van der Waals surface area contributed by atoms with Gasteiger partial charge in [-0.25, -0.2) is 0 Å². The summed E-state index contributed by atoms with van der Waals surface area (Å²) in [6.07, 6.45) is 3.54. The molecule has 4 rings (SSSR count). The zero-order chi connectivity index (χ0) is 27.6. The van der Waals surface area contributed by atoms with Crippen molar-refractivity contribution in [1.29, 1.82) is 0 Å². The van der Waals surface area contributed by atoms with Crippen molar-refractivity contribution < 1.29 is 36.6 Å². The summed E-state index contributed by atoms with van der Waals surface area (Å²) in [5.41, 5.74) is 3.82. The van der Waals surface area contributed by atoms with Gasteiger partial charge in [0.15, 0.2) is 0 Å². The van der Waals surface area contributed by atoms with E-state index in [2.05, 4.69) is 9.89 Å². The first kappa shape index (κ1) is 31.2. The van der Waals surface area contributed by atoms with E-state index in [9.17, 15) is 20.1 Å². The van der Waals surface area contributed by atoms with E-state index >= 15 is 0 Å². The summed E-state index contributed by atoms with van der Waals surface area (Å²) in [6.45, 7) is 3.74. The Kier molecular flexibility index (Phi) is 12.1. The number of piperidine rings is 1. The number of nitrogens with zero attached hydrogens (tertiary/aromatic N) is 3. The maximum atomic E-state index is 13.0. The molecule has 212 valence electrons. The van der Waals surface area contributed by atoms with Gasteiger partial charge in [0, 0.05) is 30.2 Å². The predicted molar refractivity (Wildman–Crippen MR) is 150 cm³/mol. The van der Waals surface area contributed by atoms with Crippen LogP contribution in [0.1, 0.15) is 53.9 Å². The van der Waals surface area contributed by atoms with E-state index in [1.54, 1.807) is 18.2 Å². The number of aliphatic hydroxyl groups excluding tert-OH is 1. The minimum atomic E-state index is -1.33. The van der Waals surface area contributed by atoms with E-state index in [4.69, 9.17) is 4.99 Å². The largest absolute Gasteiger partial charge is 2.00 e. The Bertz CT molecular complexity index is 1310. The Hall–Kier alpha value is -3.32. The van der Waals surface area contributed by atoms with Crippen LogP contribution in [0.15, 0.2) is 88.8 Å². The minimum absolute atomic E-state index is 0. The molecule has 1 aliphatic rings. The first-order valence-corrected chi connectivity index (χ1v) is 13.5. The number of aliphatic carboxylic acids is 1. The number of para-hydroxylation sites is 1. The molecule has 40 heavy (non-hydrogen) atoms. The molecule has 1 aliphatic heterocycles. The van der Waals surface area contributed by atoms with E-state index in [1.165, 1.54) is 6.42 Å². The number of rotatable bonds is 11. The van der Waals surface area contributed by atoms with Crippen molar-refractivity contribution in [2.75, 3.05) is 26.2 Å². The molecule has 1 saturated heterocycles. The van der Waals surface area contributed by atoms with Gasteiger partial charge in [0.05, 0.1) is 23.4 Å². The molecule has 0 aromatic heterocycles. The predicted octanol–water partition coefficient (Wildman–Crippen LogP) is 2.99. The summed E-state index contributed by atoms with van der Waals surface area (Å²) in [7, 11) is 0. The Morgan fingerprint density at radius 3 is 2.25 bits per heavy atom. The molecule has 0 unspecified atom stereocenters. The fraction of sp³-hybridized carbons (Fsp3) is 0.344. The van der Waals surface area contributed by atoms with Crippen molar-refractivity contribution in [3.8, 4) is 0 Å². The quantitative estimate of drug-likeness (QED) is 0.212. The average molecular weight is 584 g/mol. The SMILES string of the molecule is Cc1ccccc1[C@H](CCO)[C@H](N=C(c1ccccc1)c1ccccc1N=C([O-])CN1CCCCC1)C(=O)[O-].[Ni+2]. The van der Waals surface area contributed by atoms with Crippen LogP contribution in [0.25, 0.3) is 0 Å². The average Bonchev–Trinajstić information content (AvgIpc) is 2.94. The van der Waals surface area contributed by atoms with E-state index < -0.39 is 17.9 Å². The third-order valence-corrected chi connectivity index (χ3v) is 7.18. The van der Waals surface area contributed by atoms with Gasteiger partial charge in [0.25, 0.3) is 0 Å². The van der Waals surface area contributed by atoms with Gasteiger partial charge < -0.3 is 20.1 Å². The van der Waals surface area contributed by atoms with Crippen LogP contribution in [-0.4, -0.2) is 59.9 Å². The van der Waals surface area contributed by atoms with Crippen molar-refractivity contribution in [3.63, 3.8) is 0 Å². The monoisotopic (exact) mass is 583 g/mol. The molecule has 1 fully saturated rings. The molecule has 1 heterocycles. The molecule has 0 saturated carbocycles. The summed E-state index contributed by atoms with van der Waals surface area (Å²) >= 11 is 0. The number of carbonyl (C=O) groups excluding carboxylic acids is 1. The van der Waals surface area contributed by atoms with Gasteiger partial charge in [-0.3, -0.25) is 14.9 Å². The number of benzene rings is 3. The molecule has 8 heteroatoms. The van der Waals surface area contributed by atoms with Crippen LogP contribution in [0.3, 0.4) is 0 Å². The number of carboxylic acid groups (broad SMARTS) is 1. The van der Waals surface area contributed by atoms with Crippen LogP contribution in [-0.2, 0) is 21.3 Å². The standard InChI is InChI=1S/C32H37N3O4.Ni/c1-23-12-6-7-15-25(23)26(18-21-36)31(32(38)39)34-30(24-13-4-2-5-14-24)27-16-8-9-17-28(27)33-29(37)22-35-19-10-3-11-20-35;/h2,4-9,12-17,26,31,36H,3,10-11,18-22H2,1H3,(H,33,37)(H,38,39);/q;+2/p-2/t26-,31-;/m0./s1. The molecule has 0 aliphatic carbocycles. The third-order valence-electron chi connectivity index (χ3n) is 7.18. The Balaban J connectivity index is 0.00000441. The molecule has 2 atom stereocenters. The second kappa shape index (κ2) is 15.5. The summed E-state index contributed by atoms with van der Waals surface area (Å²) < 4.78 is 0. The van der Waals surface area contributed by atoms with Gasteiger partial charge in [0.1, 0.15) is 0 Å². The van der Waals surface area contributed by atoms with Crippen molar-refractivity contribution >= 4 is 23.3 Å². The van der Waals surface area contributed by atoms with Crippen LogP contribution in [0, 0.1) is 6.92 Å². The summed E-state index contributed by atoms with van der Waals surface area (Å²) in [4.78, 5) is 24.0. The normalized spacial score (nSPS) is 16.1. The van der Waals surface area contributed by atoms with Gasteiger partial charge in [0.2, 0.25) is 0 Å². The number of hydrogen-bond donors (Lipinski definition) is 1. The maximum absolute atomic E-state index is 13.0. The molecular formula is C32H35N3NiO4. The van der Waals surface area contributed by atoms with Gasteiger partial charge in [-0.2, -0.15) is 0 Å². The number of aliphatic imine (C=N–C) groups is 2. The number of aliphatic hydroxyl groups is 1. The number of carbonyl (C=O) groups is 1. The molecule has 0 spiro atoms. The van der Waals surface area contributed by atoms with Crippen LogP contribution in [0.5, 0.6) is 0 Å². The maximum Gasteiger partial charge on any atom is 2.00 e.